The van der Waals surface area contributed by atoms with Gasteiger partial charge in [-0.05, 0) is 35.7 Å². The van der Waals surface area contributed by atoms with Crippen LogP contribution in [0.25, 0.3) is 22.2 Å². The zero-order chi connectivity index (χ0) is 20.8. The van der Waals surface area contributed by atoms with E-state index < -0.39 is 5.92 Å². The van der Waals surface area contributed by atoms with Gasteiger partial charge in [0, 0.05) is 34.3 Å². The molecule has 0 spiro atoms. The summed E-state index contributed by atoms with van der Waals surface area (Å²) in [6.45, 7) is 0. The molecule has 30 heavy (non-hydrogen) atoms. The first-order valence-corrected chi connectivity index (χ1v) is 10.2. The molecule has 1 aliphatic carbocycles. The standard InChI is InChI=1S/C24H18ClN3O2/c25-14-10-8-13(9-11-14)23-21(15-4-1-2-5-17(15)28-23)20-16(12-26)24(27)30-19-7-3-6-18(29)22(19)20/h1-2,4-5,8-11,20,28H,3,6-7,27H2. The van der Waals surface area contributed by atoms with Crippen LogP contribution in [0.15, 0.2) is 71.3 Å². The van der Waals surface area contributed by atoms with E-state index in [1.165, 1.54) is 0 Å². The van der Waals surface area contributed by atoms with Crippen molar-refractivity contribution in [3.63, 3.8) is 0 Å². The van der Waals surface area contributed by atoms with Gasteiger partial charge >= 0.3 is 0 Å². The fourth-order valence-electron chi connectivity index (χ4n) is 4.45. The minimum atomic E-state index is -0.576. The lowest BCUT2D eigenvalue weighted by Gasteiger charge is -2.31. The lowest BCUT2D eigenvalue weighted by Crippen LogP contribution is -2.27. The number of ketones is 1. The highest BCUT2D eigenvalue weighted by molar-refractivity contribution is 6.30. The average Bonchev–Trinajstić information content (AvgIpc) is 3.12. The molecular weight excluding hydrogens is 398 g/mol. The number of para-hydroxylation sites is 1. The zero-order valence-corrected chi connectivity index (χ0v) is 16.8. The number of nitriles is 1. The van der Waals surface area contributed by atoms with Crippen molar-refractivity contribution in [1.29, 1.82) is 5.26 Å². The number of hydrogen-bond donors (Lipinski definition) is 2. The number of Topliss-reactive ketones (excluding diaryl/α,β-unsaturated/α-hetero) is 1. The summed E-state index contributed by atoms with van der Waals surface area (Å²) in [7, 11) is 0. The number of nitrogens with one attached hydrogen (secondary N) is 1. The van der Waals surface area contributed by atoms with Crippen molar-refractivity contribution in [3.05, 3.63) is 81.9 Å². The summed E-state index contributed by atoms with van der Waals surface area (Å²) in [5.74, 6) is 0.0885. The Bertz CT molecular complexity index is 1290. The van der Waals surface area contributed by atoms with E-state index in [1.807, 2.05) is 48.5 Å². The fraction of sp³-hybridized carbons (Fsp3) is 0.167. The molecule has 0 amide bonds. The Hall–Kier alpha value is -3.49. The number of benzene rings is 2. The average molecular weight is 416 g/mol. The molecule has 148 valence electrons. The minimum Gasteiger partial charge on any atom is -0.444 e. The van der Waals surface area contributed by atoms with E-state index in [0.717, 1.165) is 34.1 Å². The van der Waals surface area contributed by atoms with Crippen LogP contribution >= 0.6 is 11.6 Å². The van der Waals surface area contributed by atoms with Gasteiger partial charge in [-0.2, -0.15) is 5.26 Å². The molecule has 0 bridgehead atoms. The summed E-state index contributed by atoms with van der Waals surface area (Å²) < 4.78 is 5.73. The van der Waals surface area contributed by atoms with Gasteiger partial charge in [0.15, 0.2) is 5.78 Å². The van der Waals surface area contributed by atoms with Crippen LogP contribution in [-0.2, 0) is 9.53 Å². The second kappa shape index (κ2) is 7.08. The van der Waals surface area contributed by atoms with Gasteiger partial charge in [-0.1, -0.05) is 41.9 Å². The molecule has 1 unspecified atom stereocenters. The lowest BCUT2D eigenvalue weighted by molar-refractivity contribution is -0.116. The Kier molecular flexibility index (Phi) is 4.38. The molecule has 0 saturated carbocycles. The van der Waals surface area contributed by atoms with Gasteiger partial charge in [0.1, 0.15) is 17.4 Å². The number of halogens is 1. The number of nitrogens with two attached hydrogens (primary N) is 1. The number of rotatable bonds is 2. The number of aromatic nitrogens is 1. The Labute approximate surface area is 178 Å². The molecule has 1 atom stereocenters. The van der Waals surface area contributed by atoms with Crippen molar-refractivity contribution in [3.8, 4) is 17.3 Å². The lowest BCUT2D eigenvalue weighted by atomic mass is 9.76. The van der Waals surface area contributed by atoms with Crippen molar-refractivity contribution in [1.82, 2.24) is 4.98 Å². The van der Waals surface area contributed by atoms with E-state index in [4.69, 9.17) is 22.1 Å². The van der Waals surface area contributed by atoms with Gasteiger partial charge in [0.2, 0.25) is 5.88 Å². The van der Waals surface area contributed by atoms with Crippen LogP contribution in [-0.4, -0.2) is 10.8 Å². The first kappa shape index (κ1) is 18.5. The molecule has 2 aliphatic rings. The van der Waals surface area contributed by atoms with Gasteiger partial charge in [0.05, 0.1) is 11.6 Å². The van der Waals surface area contributed by atoms with E-state index in [1.54, 1.807) is 0 Å². The largest absolute Gasteiger partial charge is 0.444 e. The summed E-state index contributed by atoms with van der Waals surface area (Å²) in [6, 6.07) is 17.6. The van der Waals surface area contributed by atoms with E-state index in [9.17, 15) is 10.1 Å². The van der Waals surface area contributed by atoms with Gasteiger partial charge < -0.3 is 15.5 Å². The van der Waals surface area contributed by atoms with E-state index in [-0.39, 0.29) is 17.2 Å². The highest BCUT2D eigenvalue weighted by Crippen LogP contribution is 2.48. The molecule has 0 radical (unpaired) electrons. The number of allylic oxidation sites excluding steroid dienone is 3. The molecule has 1 aromatic heterocycles. The van der Waals surface area contributed by atoms with Crippen molar-refractivity contribution >= 4 is 28.3 Å². The summed E-state index contributed by atoms with van der Waals surface area (Å²) in [5.41, 5.74) is 10.5. The Morgan fingerprint density at radius 3 is 2.67 bits per heavy atom. The Morgan fingerprint density at radius 2 is 1.90 bits per heavy atom. The highest BCUT2D eigenvalue weighted by atomic mass is 35.5. The molecule has 1 aliphatic heterocycles. The normalized spacial score (nSPS) is 18.9. The van der Waals surface area contributed by atoms with E-state index >= 15 is 0 Å². The molecule has 3 aromatic rings. The summed E-state index contributed by atoms with van der Waals surface area (Å²) in [5, 5.41) is 11.5. The van der Waals surface area contributed by atoms with Crippen molar-refractivity contribution in [2.24, 2.45) is 5.73 Å². The quantitative estimate of drug-likeness (QED) is 0.593. The number of ether oxygens (including phenoxy) is 1. The first-order valence-electron chi connectivity index (χ1n) is 9.79. The smallest absolute Gasteiger partial charge is 0.205 e. The third-order valence-corrected chi connectivity index (χ3v) is 6.02. The maximum Gasteiger partial charge on any atom is 0.205 e. The minimum absolute atomic E-state index is 0.00818. The topological polar surface area (TPSA) is 91.9 Å². The van der Waals surface area contributed by atoms with Crippen LogP contribution < -0.4 is 5.73 Å². The number of fused-ring (bicyclic) bond motifs is 1. The van der Waals surface area contributed by atoms with Crippen LogP contribution in [0.4, 0.5) is 0 Å². The molecule has 5 rings (SSSR count). The SMILES string of the molecule is N#CC1=C(N)OC2=C(C(=O)CCC2)C1c1c(-c2ccc(Cl)cc2)[nH]c2ccccc12. The number of carbonyl (C=O) groups is 1. The molecule has 0 saturated heterocycles. The van der Waals surface area contributed by atoms with Crippen molar-refractivity contribution in [2.75, 3.05) is 0 Å². The number of H-pyrrole nitrogens is 1. The van der Waals surface area contributed by atoms with Gasteiger partial charge in [-0.3, -0.25) is 4.79 Å². The van der Waals surface area contributed by atoms with Crippen molar-refractivity contribution < 1.29 is 9.53 Å². The van der Waals surface area contributed by atoms with Gasteiger partial charge in [0.25, 0.3) is 0 Å². The van der Waals surface area contributed by atoms with Crippen LogP contribution in [0.1, 0.15) is 30.7 Å². The van der Waals surface area contributed by atoms with Gasteiger partial charge in [-0.25, -0.2) is 0 Å². The molecule has 2 heterocycles. The molecule has 3 N–H and O–H groups in total. The second-order valence-corrected chi connectivity index (χ2v) is 7.94. The van der Waals surface area contributed by atoms with Crippen LogP contribution in [0, 0.1) is 11.3 Å². The maximum absolute atomic E-state index is 13.0. The highest BCUT2D eigenvalue weighted by Gasteiger charge is 2.40. The number of carbonyl (C=O) groups excluding carboxylic acids is 1. The number of aromatic amines is 1. The zero-order valence-electron chi connectivity index (χ0n) is 16.0. The molecule has 5 nitrogen and oxygen atoms in total. The number of nitrogens with zero attached hydrogens (tertiary/aromatic N) is 1. The summed E-state index contributed by atoms with van der Waals surface area (Å²) in [4.78, 5) is 16.5. The Balaban J connectivity index is 1.84. The second-order valence-electron chi connectivity index (χ2n) is 7.50. The van der Waals surface area contributed by atoms with Crippen LogP contribution in [0.5, 0.6) is 0 Å². The predicted molar refractivity (Wildman–Crippen MR) is 115 cm³/mol. The van der Waals surface area contributed by atoms with Crippen LogP contribution in [0.3, 0.4) is 0 Å². The Morgan fingerprint density at radius 1 is 1.13 bits per heavy atom. The third kappa shape index (κ3) is 2.80. The summed E-state index contributed by atoms with van der Waals surface area (Å²) in [6.07, 6.45) is 1.79. The molecule has 2 aromatic carbocycles. The third-order valence-electron chi connectivity index (χ3n) is 5.77. The van der Waals surface area contributed by atoms with Gasteiger partial charge in [-0.15, -0.1) is 0 Å². The monoisotopic (exact) mass is 415 g/mol. The van der Waals surface area contributed by atoms with E-state index in [2.05, 4.69) is 11.1 Å². The predicted octanol–water partition coefficient (Wildman–Crippen LogP) is 5.30. The van der Waals surface area contributed by atoms with Crippen molar-refractivity contribution in [2.45, 2.75) is 25.2 Å². The molecular formula is C24H18ClN3O2. The fourth-order valence-corrected chi connectivity index (χ4v) is 4.58. The summed E-state index contributed by atoms with van der Waals surface area (Å²) >= 11 is 6.10. The maximum atomic E-state index is 13.0. The first-order chi connectivity index (χ1) is 14.6. The molecule has 6 heteroatoms. The van der Waals surface area contributed by atoms with Crippen LogP contribution in [0.2, 0.25) is 5.02 Å². The number of hydrogen-bond acceptors (Lipinski definition) is 4. The molecule has 0 fully saturated rings. The van der Waals surface area contributed by atoms with E-state index in [0.29, 0.717) is 29.2 Å².